The topological polar surface area (TPSA) is 46.9 Å². The lowest BCUT2D eigenvalue weighted by Gasteiger charge is -2.24. The molecule has 3 rings (SSSR count). The van der Waals surface area contributed by atoms with Gasteiger partial charge in [0.2, 0.25) is 0 Å². The monoisotopic (exact) mass is 261 g/mol. The highest BCUT2D eigenvalue weighted by atomic mass is 32.1. The molecule has 0 bridgehead atoms. The first-order valence-corrected chi connectivity index (χ1v) is 6.97. The third-order valence-corrected chi connectivity index (χ3v) is 4.29. The second kappa shape index (κ2) is 4.57. The standard InChI is InChI=1S/C13H15N3OS/c1-9-6-12(18-8-9)13(17)15-10-3-5-16-11(7-10)2-4-14-16/h2,4,6,8,10H,3,5,7H2,1H3,(H,15,17)/t10-/m0/s1. The number of carbonyl (C=O) groups is 1. The van der Waals surface area contributed by atoms with Crippen molar-refractivity contribution in [2.45, 2.75) is 32.4 Å². The van der Waals surface area contributed by atoms with E-state index in [-0.39, 0.29) is 11.9 Å². The zero-order valence-corrected chi connectivity index (χ0v) is 11.0. The van der Waals surface area contributed by atoms with Gasteiger partial charge in [0.25, 0.3) is 5.91 Å². The second-order valence-electron chi connectivity index (χ2n) is 4.70. The summed E-state index contributed by atoms with van der Waals surface area (Å²) >= 11 is 1.50. The summed E-state index contributed by atoms with van der Waals surface area (Å²) in [5.74, 6) is 0.0473. The molecule has 94 valence electrons. The highest BCUT2D eigenvalue weighted by Gasteiger charge is 2.21. The number of amides is 1. The number of hydrogen-bond acceptors (Lipinski definition) is 3. The minimum atomic E-state index is 0.0473. The van der Waals surface area contributed by atoms with E-state index in [0.29, 0.717) is 0 Å². The number of thiophene rings is 1. The van der Waals surface area contributed by atoms with Gasteiger partial charge in [-0.1, -0.05) is 0 Å². The van der Waals surface area contributed by atoms with Gasteiger partial charge < -0.3 is 5.32 Å². The van der Waals surface area contributed by atoms with Crippen molar-refractivity contribution >= 4 is 17.2 Å². The van der Waals surface area contributed by atoms with E-state index in [1.165, 1.54) is 17.0 Å². The molecule has 0 aromatic carbocycles. The van der Waals surface area contributed by atoms with E-state index >= 15 is 0 Å². The van der Waals surface area contributed by atoms with Crippen LogP contribution in [0.2, 0.25) is 0 Å². The number of rotatable bonds is 2. The smallest absolute Gasteiger partial charge is 0.261 e. The van der Waals surface area contributed by atoms with Gasteiger partial charge in [-0.2, -0.15) is 5.10 Å². The molecule has 0 aliphatic carbocycles. The third-order valence-electron chi connectivity index (χ3n) is 3.24. The van der Waals surface area contributed by atoms with Crippen molar-refractivity contribution in [3.63, 3.8) is 0 Å². The molecule has 0 saturated carbocycles. The van der Waals surface area contributed by atoms with Crippen LogP contribution in [0.25, 0.3) is 0 Å². The number of aryl methyl sites for hydroxylation is 2. The van der Waals surface area contributed by atoms with Crippen molar-refractivity contribution < 1.29 is 4.79 Å². The van der Waals surface area contributed by atoms with Crippen molar-refractivity contribution in [2.24, 2.45) is 0 Å². The maximum atomic E-state index is 12.1. The molecule has 1 amide bonds. The van der Waals surface area contributed by atoms with E-state index < -0.39 is 0 Å². The summed E-state index contributed by atoms with van der Waals surface area (Å²) in [6.45, 7) is 2.89. The van der Waals surface area contributed by atoms with Crippen LogP contribution < -0.4 is 5.32 Å². The van der Waals surface area contributed by atoms with E-state index in [0.717, 1.165) is 29.8 Å². The maximum absolute atomic E-state index is 12.1. The molecule has 3 heterocycles. The normalized spacial score (nSPS) is 18.4. The summed E-state index contributed by atoms with van der Waals surface area (Å²) in [6, 6.07) is 4.19. The minimum Gasteiger partial charge on any atom is -0.348 e. The number of nitrogens with one attached hydrogen (secondary N) is 1. The molecule has 1 atom stereocenters. The van der Waals surface area contributed by atoms with Crippen LogP contribution in [-0.4, -0.2) is 21.7 Å². The fourth-order valence-corrected chi connectivity index (χ4v) is 3.10. The molecule has 0 radical (unpaired) electrons. The van der Waals surface area contributed by atoms with E-state index in [1.54, 1.807) is 0 Å². The SMILES string of the molecule is Cc1csc(C(=O)N[C@H]2CCn3nccc3C2)c1. The van der Waals surface area contributed by atoms with Gasteiger partial charge in [-0.15, -0.1) is 11.3 Å². The first kappa shape index (κ1) is 11.5. The lowest BCUT2D eigenvalue weighted by molar-refractivity contribution is 0.0934. The predicted molar refractivity (Wildman–Crippen MR) is 70.9 cm³/mol. The van der Waals surface area contributed by atoms with Crippen LogP contribution in [0.15, 0.2) is 23.7 Å². The first-order chi connectivity index (χ1) is 8.72. The molecule has 0 unspecified atom stereocenters. The molecule has 1 aliphatic rings. The highest BCUT2D eigenvalue weighted by Crippen LogP contribution is 2.17. The van der Waals surface area contributed by atoms with E-state index in [2.05, 4.69) is 10.4 Å². The molecule has 0 fully saturated rings. The zero-order valence-electron chi connectivity index (χ0n) is 10.2. The van der Waals surface area contributed by atoms with Gasteiger partial charge >= 0.3 is 0 Å². The molecule has 4 nitrogen and oxygen atoms in total. The first-order valence-electron chi connectivity index (χ1n) is 6.09. The lowest BCUT2D eigenvalue weighted by Crippen LogP contribution is -2.39. The van der Waals surface area contributed by atoms with E-state index in [1.807, 2.05) is 35.3 Å². The number of nitrogens with zero attached hydrogens (tertiary/aromatic N) is 2. The van der Waals surface area contributed by atoms with Gasteiger partial charge in [0.15, 0.2) is 0 Å². The zero-order chi connectivity index (χ0) is 12.5. The summed E-state index contributed by atoms with van der Waals surface area (Å²) < 4.78 is 2.01. The molecule has 2 aromatic rings. The number of fused-ring (bicyclic) bond motifs is 1. The number of aromatic nitrogens is 2. The van der Waals surface area contributed by atoms with Crippen LogP contribution in [0.3, 0.4) is 0 Å². The van der Waals surface area contributed by atoms with Crippen LogP contribution in [0.5, 0.6) is 0 Å². The van der Waals surface area contributed by atoms with Crippen LogP contribution in [0.1, 0.15) is 27.3 Å². The van der Waals surface area contributed by atoms with Crippen molar-refractivity contribution in [2.75, 3.05) is 0 Å². The number of carbonyl (C=O) groups excluding carboxylic acids is 1. The van der Waals surface area contributed by atoms with Gasteiger partial charge in [-0.05, 0) is 36.4 Å². The Balaban J connectivity index is 1.66. The van der Waals surface area contributed by atoms with Crippen molar-refractivity contribution in [3.05, 3.63) is 39.8 Å². The fourth-order valence-electron chi connectivity index (χ4n) is 2.30. The minimum absolute atomic E-state index is 0.0473. The lowest BCUT2D eigenvalue weighted by atomic mass is 10.0. The molecule has 18 heavy (non-hydrogen) atoms. The highest BCUT2D eigenvalue weighted by molar-refractivity contribution is 7.12. The van der Waals surface area contributed by atoms with Crippen molar-refractivity contribution in [1.82, 2.24) is 15.1 Å². The predicted octanol–water partition coefficient (Wildman–Crippen LogP) is 2.00. The van der Waals surface area contributed by atoms with Gasteiger partial charge in [0.1, 0.15) is 0 Å². The Bertz CT molecular complexity index is 572. The van der Waals surface area contributed by atoms with E-state index in [4.69, 9.17) is 0 Å². The van der Waals surface area contributed by atoms with Gasteiger partial charge in [0.05, 0.1) is 4.88 Å². The Morgan fingerprint density at radius 2 is 2.50 bits per heavy atom. The summed E-state index contributed by atoms with van der Waals surface area (Å²) in [5, 5.41) is 9.35. The molecule has 1 N–H and O–H groups in total. The average Bonchev–Trinajstić information content (AvgIpc) is 2.96. The summed E-state index contributed by atoms with van der Waals surface area (Å²) in [7, 11) is 0. The Labute approximate surface area is 110 Å². The largest absolute Gasteiger partial charge is 0.348 e. The summed E-state index contributed by atoms with van der Waals surface area (Å²) in [6.07, 6.45) is 3.64. The van der Waals surface area contributed by atoms with Crippen LogP contribution in [-0.2, 0) is 13.0 Å². The Hall–Kier alpha value is -1.62. The Morgan fingerprint density at radius 1 is 1.61 bits per heavy atom. The van der Waals surface area contributed by atoms with Gasteiger partial charge in [0, 0.05) is 30.9 Å². The number of hydrogen-bond donors (Lipinski definition) is 1. The van der Waals surface area contributed by atoms with Crippen LogP contribution in [0.4, 0.5) is 0 Å². The second-order valence-corrected chi connectivity index (χ2v) is 5.61. The van der Waals surface area contributed by atoms with E-state index in [9.17, 15) is 4.79 Å². The van der Waals surface area contributed by atoms with Gasteiger partial charge in [-0.3, -0.25) is 9.48 Å². The molecule has 1 aliphatic heterocycles. The Kier molecular flexibility index (Phi) is 2.91. The third kappa shape index (κ3) is 2.18. The molecular formula is C13H15N3OS. The van der Waals surface area contributed by atoms with Crippen molar-refractivity contribution in [3.8, 4) is 0 Å². The van der Waals surface area contributed by atoms with Crippen LogP contribution in [0, 0.1) is 6.92 Å². The molecule has 5 heteroatoms. The fraction of sp³-hybridized carbons (Fsp3) is 0.385. The van der Waals surface area contributed by atoms with Gasteiger partial charge in [-0.25, -0.2) is 0 Å². The van der Waals surface area contributed by atoms with Crippen LogP contribution >= 0.6 is 11.3 Å². The average molecular weight is 261 g/mol. The quantitative estimate of drug-likeness (QED) is 0.898. The molecule has 0 spiro atoms. The maximum Gasteiger partial charge on any atom is 0.261 e. The molecule has 2 aromatic heterocycles. The summed E-state index contributed by atoms with van der Waals surface area (Å²) in [5.41, 5.74) is 2.35. The summed E-state index contributed by atoms with van der Waals surface area (Å²) in [4.78, 5) is 12.9. The molecule has 0 saturated heterocycles. The Morgan fingerprint density at radius 3 is 3.28 bits per heavy atom. The van der Waals surface area contributed by atoms with Crippen molar-refractivity contribution in [1.29, 1.82) is 0 Å². The molecular weight excluding hydrogens is 246 g/mol.